The standard InChI is InChI=1S/C22H29N5O4/c1-13(28)25-18(14-5-3-2-4-6-14)22(31)27-12-11-17(27)21(30)26-20(29)16-9-7-15(8-10-16)19(23)24/h7-10,14,17-18H,2-6,11-12H2,1H3,(H3,23,24)(H,25,28)(H,26,29,30)/t17-,18+/m0/s1. The smallest absolute Gasteiger partial charge is 0.257 e. The molecule has 1 saturated carbocycles. The summed E-state index contributed by atoms with van der Waals surface area (Å²) in [6.45, 7) is 1.81. The number of imide groups is 1. The lowest BCUT2D eigenvalue weighted by Crippen LogP contribution is -2.64. The molecule has 1 aromatic rings. The summed E-state index contributed by atoms with van der Waals surface area (Å²) in [4.78, 5) is 51.3. The molecule has 0 unspecified atom stereocenters. The third-order valence-electron chi connectivity index (χ3n) is 6.05. The van der Waals surface area contributed by atoms with E-state index in [1.165, 1.54) is 36.1 Å². The number of rotatable bonds is 6. The molecule has 3 rings (SSSR count). The zero-order valence-electron chi connectivity index (χ0n) is 17.6. The van der Waals surface area contributed by atoms with Gasteiger partial charge in [-0.2, -0.15) is 0 Å². The summed E-state index contributed by atoms with van der Waals surface area (Å²) in [6.07, 6.45) is 5.38. The van der Waals surface area contributed by atoms with Crippen molar-refractivity contribution in [2.24, 2.45) is 11.7 Å². The van der Waals surface area contributed by atoms with Crippen LogP contribution in [0.15, 0.2) is 24.3 Å². The Morgan fingerprint density at radius 3 is 2.16 bits per heavy atom. The third-order valence-corrected chi connectivity index (χ3v) is 6.05. The number of carbonyl (C=O) groups is 4. The molecule has 1 aromatic carbocycles. The van der Waals surface area contributed by atoms with Crippen LogP contribution in [-0.2, 0) is 14.4 Å². The van der Waals surface area contributed by atoms with Crippen LogP contribution in [0.25, 0.3) is 0 Å². The van der Waals surface area contributed by atoms with Gasteiger partial charge in [-0.1, -0.05) is 31.4 Å². The first-order valence-corrected chi connectivity index (χ1v) is 10.6. The topological polar surface area (TPSA) is 145 Å². The first-order valence-electron chi connectivity index (χ1n) is 10.6. The van der Waals surface area contributed by atoms with E-state index in [0.717, 1.165) is 32.1 Å². The minimum Gasteiger partial charge on any atom is -0.384 e. The number of amides is 4. The van der Waals surface area contributed by atoms with Gasteiger partial charge in [0.25, 0.3) is 5.91 Å². The monoisotopic (exact) mass is 427 g/mol. The second kappa shape index (κ2) is 9.72. The predicted molar refractivity (Wildman–Crippen MR) is 114 cm³/mol. The van der Waals surface area contributed by atoms with E-state index in [9.17, 15) is 19.2 Å². The summed E-state index contributed by atoms with van der Waals surface area (Å²) >= 11 is 0. The number of nitrogens with two attached hydrogens (primary N) is 1. The fourth-order valence-corrected chi connectivity index (χ4v) is 4.24. The van der Waals surface area contributed by atoms with Crippen LogP contribution in [0.2, 0.25) is 0 Å². The molecule has 0 radical (unpaired) electrons. The van der Waals surface area contributed by atoms with E-state index in [0.29, 0.717) is 18.5 Å². The van der Waals surface area contributed by atoms with E-state index in [2.05, 4.69) is 10.6 Å². The van der Waals surface area contributed by atoms with Crippen LogP contribution in [0.4, 0.5) is 0 Å². The van der Waals surface area contributed by atoms with E-state index < -0.39 is 23.9 Å². The lowest BCUT2D eigenvalue weighted by molar-refractivity contribution is -0.150. The molecule has 2 aliphatic rings. The SMILES string of the molecule is CC(=O)N[C@@H](C(=O)N1CC[C@H]1C(=O)NC(=O)c1ccc(C(=N)N)cc1)C1CCCCC1. The summed E-state index contributed by atoms with van der Waals surface area (Å²) in [7, 11) is 0. The van der Waals surface area contributed by atoms with Gasteiger partial charge in [-0.3, -0.25) is 29.9 Å². The summed E-state index contributed by atoms with van der Waals surface area (Å²) in [6, 6.07) is 4.67. The molecule has 1 aliphatic carbocycles. The summed E-state index contributed by atoms with van der Waals surface area (Å²) < 4.78 is 0. The molecule has 2 fully saturated rings. The minimum absolute atomic E-state index is 0.0656. The van der Waals surface area contributed by atoms with E-state index in [1.54, 1.807) is 0 Å². The molecule has 166 valence electrons. The van der Waals surface area contributed by atoms with E-state index >= 15 is 0 Å². The Kier molecular flexibility index (Phi) is 7.04. The zero-order valence-corrected chi connectivity index (χ0v) is 17.6. The fourth-order valence-electron chi connectivity index (χ4n) is 4.24. The van der Waals surface area contributed by atoms with Gasteiger partial charge in [-0.05, 0) is 37.3 Å². The molecule has 1 aliphatic heterocycles. The molecule has 0 aromatic heterocycles. The van der Waals surface area contributed by atoms with Crippen molar-refractivity contribution in [3.05, 3.63) is 35.4 Å². The van der Waals surface area contributed by atoms with Crippen LogP contribution in [0.5, 0.6) is 0 Å². The largest absolute Gasteiger partial charge is 0.384 e. The third kappa shape index (κ3) is 5.28. The van der Waals surface area contributed by atoms with Crippen LogP contribution in [0.3, 0.4) is 0 Å². The van der Waals surface area contributed by atoms with Gasteiger partial charge in [0.2, 0.25) is 17.7 Å². The molecule has 2 atom stereocenters. The van der Waals surface area contributed by atoms with Gasteiger partial charge >= 0.3 is 0 Å². The number of hydrogen-bond donors (Lipinski definition) is 4. The average Bonchev–Trinajstić information content (AvgIpc) is 2.71. The maximum absolute atomic E-state index is 13.1. The molecule has 1 heterocycles. The molecule has 1 saturated heterocycles. The van der Waals surface area contributed by atoms with E-state index in [1.807, 2.05) is 0 Å². The molecule has 0 spiro atoms. The van der Waals surface area contributed by atoms with E-state index in [4.69, 9.17) is 11.1 Å². The molecule has 0 bridgehead atoms. The van der Waals surface area contributed by atoms with Crippen molar-refractivity contribution in [3.8, 4) is 0 Å². The van der Waals surface area contributed by atoms with Crippen molar-refractivity contribution in [1.82, 2.24) is 15.5 Å². The molecule has 5 N–H and O–H groups in total. The van der Waals surface area contributed by atoms with Crippen molar-refractivity contribution in [3.63, 3.8) is 0 Å². The summed E-state index contributed by atoms with van der Waals surface area (Å²) in [5.74, 6) is -1.69. The van der Waals surface area contributed by atoms with Gasteiger partial charge < -0.3 is 16.0 Å². The van der Waals surface area contributed by atoms with Crippen LogP contribution in [0, 0.1) is 11.3 Å². The first kappa shape index (κ1) is 22.5. The molecular weight excluding hydrogens is 398 g/mol. The lowest BCUT2D eigenvalue weighted by Gasteiger charge is -2.43. The Morgan fingerprint density at radius 2 is 1.65 bits per heavy atom. The Morgan fingerprint density at radius 1 is 1.03 bits per heavy atom. The Bertz CT molecular complexity index is 876. The van der Waals surface area contributed by atoms with Gasteiger partial charge in [-0.25, -0.2) is 0 Å². The fraction of sp³-hybridized carbons (Fsp3) is 0.500. The highest BCUT2D eigenvalue weighted by atomic mass is 16.2. The molecule has 9 nitrogen and oxygen atoms in total. The average molecular weight is 428 g/mol. The number of amidine groups is 1. The van der Waals surface area contributed by atoms with Gasteiger partial charge in [0.05, 0.1) is 0 Å². The van der Waals surface area contributed by atoms with Crippen molar-refractivity contribution in [2.75, 3.05) is 6.54 Å². The van der Waals surface area contributed by atoms with Gasteiger partial charge in [0.15, 0.2) is 0 Å². The minimum atomic E-state index is -0.729. The Hall–Kier alpha value is -3.23. The number of nitrogens with one attached hydrogen (secondary N) is 3. The van der Waals surface area contributed by atoms with Gasteiger partial charge in [0, 0.05) is 24.6 Å². The van der Waals surface area contributed by atoms with Crippen molar-refractivity contribution in [1.29, 1.82) is 5.41 Å². The highest BCUT2D eigenvalue weighted by Crippen LogP contribution is 2.29. The van der Waals surface area contributed by atoms with Crippen LogP contribution in [-0.4, -0.2) is 53.0 Å². The second-order valence-corrected chi connectivity index (χ2v) is 8.22. The normalized spacial score (nSPS) is 19.6. The molecule has 31 heavy (non-hydrogen) atoms. The van der Waals surface area contributed by atoms with Crippen LogP contribution < -0.4 is 16.4 Å². The van der Waals surface area contributed by atoms with Crippen molar-refractivity contribution >= 4 is 29.5 Å². The molecule has 9 heteroatoms. The number of carbonyl (C=O) groups excluding carboxylic acids is 4. The number of benzene rings is 1. The second-order valence-electron chi connectivity index (χ2n) is 8.22. The zero-order chi connectivity index (χ0) is 22.5. The van der Waals surface area contributed by atoms with Crippen molar-refractivity contribution in [2.45, 2.75) is 57.5 Å². The van der Waals surface area contributed by atoms with Crippen molar-refractivity contribution < 1.29 is 19.2 Å². The number of nitrogens with zero attached hydrogens (tertiary/aromatic N) is 1. The van der Waals surface area contributed by atoms with Crippen LogP contribution in [0.1, 0.15) is 61.4 Å². The quantitative estimate of drug-likeness (QED) is 0.303. The first-order chi connectivity index (χ1) is 14.8. The maximum atomic E-state index is 13.1. The Balaban J connectivity index is 1.63. The number of likely N-dealkylation sites (tertiary alicyclic amines) is 1. The highest BCUT2D eigenvalue weighted by molar-refractivity contribution is 6.07. The van der Waals surface area contributed by atoms with Crippen LogP contribution >= 0.6 is 0 Å². The molecular formula is C22H29N5O4. The number of nitrogen functional groups attached to an aromatic ring is 1. The Labute approximate surface area is 181 Å². The van der Waals surface area contributed by atoms with E-state index in [-0.39, 0.29) is 29.1 Å². The lowest BCUT2D eigenvalue weighted by atomic mass is 9.82. The summed E-state index contributed by atoms with van der Waals surface area (Å²) in [5.41, 5.74) is 6.14. The molecule has 4 amide bonds. The maximum Gasteiger partial charge on any atom is 0.257 e. The van der Waals surface area contributed by atoms with Gasteiger partial charge in [0.1, 0.15) is 17.9 Å². The number of hydrogen-bond acceptors (Lipinski definition) is 5. The summed E-state index contributed by atoms with van der Waals surface area (Å²) in [5, 5.41) is 12.5. The van der Waals surface area contributed by atoms with Gasteiger partial charge in [-0.15, -0.1) is 0 Å². The highest BCUT2D eigenvalue weighted by Gasteiger charge is 2.43. The predicted octanol–water partition coefficient (Wildman–Crippen LogP) is 0.913.